The van der Waals surface area contributed by atoms with Crippen molar-refractivity contribution < 1.29 is 28.8 Å². The van der Waals surface area contributed by atoms with Crippen LogP contribution in [0.2, 0.25) is 0 Å². The van der Waals surface area contributed by atoms with Crippen LogP contribution < -0.4 is 9.84 Å². The number of fused-ring (bicyclic) bond motifs is 1. The molecule has 3 atom stereocenters. The summed E-state index contributed by atoms with van der Waals surface area (Å²) in [6, 6.07) is 1.99. The van der Waals surface area contributed by atoms with Gasteiger partial charge in [-0.25, -0.2) is 4.57 Å². The fourth-order valence-corrected chi connectivity index (χ4v) is 5.41. The Balaban J connectivity index is 2.28. The number of carboxylic acids is 1. The summed E-state index contributed by atoms with van der Waals surface area (Å²) in [5.41, 5.74) is 1.94. The molecule has 1 heterocycles. The van der Waals surface area contributed by atoms with E-state index in [1.54, 1.807) is 13.8 Å². The summed E-state index contributed by atoms with van der Waals surface area (Å²) in [5.74, 6) is -0.954. The molecule has 0 amide bonds. The Bertz CT molecular complexity index is 1000. The molecule has 0 spiro atoms. The highest BCUT2D eigenvalue weighted by Gasteiger charge is 2.38. The van der Waals surface area contributed by atoms with Crippen molar-refractivity contribution in [3.8, 4) is 5.75 Å². The van der Waals surface area contributed by atoms with Crippen LogP contribution >= 0.6 is 7.82 Å². The maximum absolute atomic E-state index is 12.0. The van der Waals surface area contributed by atoms with Gasteiger partial charge in [0.15, 0.2) is 0 Å². The molecular weight excluding hydrogens is 417 g/mol. The largest absolute Gasteiger partial charge is 0.524 e. The molecule has 168 valence electrons. The third kappa shape index (κ3) is 5.12. The second-order valence-corrected chi connectivity index (χ2v) is 10.1. The molecule has 0 bridgehead atoms. The highest BCUT2D eigenvalue weighted by atomic mass is 31.2. The number of phosphoric ester groups is 1. The topological polar surface area (TPSA) is 116 Å². The van der Waals surface area contributed by atoms with Crippen LogP contribution in [0.3, 0.4) is 0 Å². The summed E-state index contributed by atoms with van der Waals surface area (Å²) in [6.45, 7) is 7.25. The number of allylic oxidation sites excluding steroid dienone is 3. The molecular formula is C23H30NO6P. The van der Waals surface area contributed by atoms with E-state index in [9.17, 15) is 24.3 Å². The molecule has 1 aromatic carbocycles. The SMILES string of the molecule is Cc1cc(C)c(C(C)(C)CC(=O)O)c(OP(=O)(O)O)c1C1CC=CNC2C=CC=CC21. The molecule has 4 N–H and O–H groups in total. The first-order valence-electron chi connectivity index (χ1n) is 10.3. The van der Waals surface area contributed by atoms with Gasteiger partial charge in [-0.1, -0.05) is 50.3 Å². The van der Waals surface area contributed by atoms with Crippen molar-refractivity contribution in [1.82, 2.24) is 5.32 Å². The first-order valence-corrected chi connectivity index (χ1v) is 11.8. The highest BCUT2D eigenvalue weighted by Crippen LogP contribution is 2.51. The minimum Gasteiger partial charge on any atom is -0.481 e. The van der Waals surface area contributed by atoms with Gasteiger partial charge in [0, 0.05) is 22.5 Å². The Morgan fingerprint density at radius 1 is 1.23 bits per heavy atom. The predicted octanol–water partition coefficient (Wildman–Crippen LogP) is 4.23. The Morgan fingerprint density at radius 3 is 2.55 bits per heavy atom. The standard InChI is InChI=1S/C23H30NO6P/c1-14-12-15(2)21(23(3,4)13-19(25)26)22(30-31(27,28)29)20(14)17-9-7-11-24-18-10-6-5-8-16(17)18/h5-8,10-12,16-18,24H,9,13H2,1-4H3,(H,25,26)(H2,27,28,29). The van der Waals surface area contributed by atoms with Crippen molar-refractivity contribution in [3.05, 3.63) is 64.9 Å². The molecule has 2 aliphatic rings. The van der Waals surface area contributed by atoms with Crippen molar-refractivity contribution in [2.24, 2.45) is 5.92 Å². The molecule has 0 saturated carbocycles. The highest BCUT2D eigenvalue weighted by molar-refractivity contribution is 7.46. The van der Waals surface area contributed by atoms with Crippen molar-refractivity contribution in [3.63, 3.8) is 0 Å². The number of nitrogens with one attached hydrogen (secondary N) is 1. The minimum absolute atomic E-state index is 0.0350. The van der Waals surface area contributed by atoms with Crippen LogP contribution in [0, 0.1) is 19.8 Å². The van der Waals surface area contributed by atoms with E-state index in [0.29, 0.717) is 17.5 Å². The first kappa shape index (κ1) is 23.3. The summed E-state index contributed by atoms with van der Waals surface area (Å²) in [4.78, 5) is 31.1. The van der Waals surface area contributed by atoms with Crippen LogP contribution in [-0.4, -0.2) is 26.9 Å². The number of phosphoric acid groups is 1. The molecule has 8 heteroatoms. The summed E-state index contributed by atoms with van der Waals surface area (Å²) < 4.78 is 17.4. The zero-order chi connectivity index (χ0) is 23.0. The van der Waals surface area contributed by atoms with Crippen LogP contribution in [0.5, 0.6) is 5.75 Å². The minimum atomic E-state index is -4.90. The third-order valence-corrected chi connectivity index (χ3v) is 6.43. The maximum atomic E-state index is 12.0. The number of hydrogen-bond donors (Lipinski definition) is 4. The average Bonchev–Trinajstić information content (AvgIpc) is 2.81. The maximum Gasteiger partial charge on any atom is 0.524 e. The number of carbonyl (C=O) groups is 1. The van der Waals surface area contributed by atoms with Gasteiger partial charge in [-0.2, -0.15) is 0 Å². The van der Waals surface area contributed by atoms with E-state index in [1.807, 2.05) is 44.3 Å². The third-order valence-electron chi connectivity index (χ3n) is 6.01. The molecule has 1 aliphatic heterocycles. The monoisotopic (exact) mass is 447 g/mol. The van der Waals surface area contributed by atoms with E-state index < -0.39 is 19.2 Å². The van der Waals surface area contributed by atoms with Gasteiger partial charge in [0.1, 0.15) is 5.75 Å². The molecule has 0 radical (unpaired) electrons. The quantitative estimate of drug-likeness (QED) is 0.482. The van der Waals surface area contributed by atoms with Crippen LogP contribution in [0.25, 0.3) is 0 Å². The van der Waals surface area contributed by atoms with E-state index in [1.165, 1.54) is 0 Å². The molecule has 1 aliphatic carbocycles. The molecule has 31 heavy (non-hydrogen) atoms. The number of rotatable bonds is 6. The fourth-order valence-electron chi connectivity index (χ4n) is 4.99. The van der Waals surface area contributed by atoms with Crippen molar-refractivity contribution in [2.45, 2.75) is 57.9 Å². The normalized spacial score (nSPS) is 23.1. The number of hydrogen-bond acceptors (Lipinski definition) is 4. The van der Waals surface area contributed by atoms with Crippen LogP contribution in [-0.2, 0) is 14.8 Å². The zero-order valence-corrected chi connectivity index (χ0v) is 19.1. The molecule has 0 saturated heterocycles. The number of carboxylic acid groups (broad SMARTS) is 1. The summed E-state index contributed by atoms with van der Waals surface area (Å²) in [7, 11) is -4.90. The van der Waals surface area contributed by atoms with Crippen molar-refractivity contribution >= 4 is 13.8 Å². The van der Waals surface area contributed by atoms with E-state index in [-0.39, 0.29) is 30.0 Å². The van der Waals surface area contributed by atoms with Gasteiger partial charge < -0.3 is 14.9 Å². The van der Waals surface area contributed by atoms with Gasteiger partial charge >= 0.3 is 13.8 Å². The lowest BCUT2D eigenvalue weighted by molar-refractivity contribution is -0.138. The number of benzene rings is 1. The second-order valence-electron chi connectivity index (χ2n) is 8.95. The molecule has 0 aromatic heterocycles. The Labute approximate surface area is 182 Å². The zero-order valence-electron chi connectivity index (χ0n) is 18.2. The first-order chi connectivity index (χ1) is 14.4. The Hall–Kier alpha value is -2.34. The van der Waals surface area contributed by atoms with Crippen LogP contribution in [0.4, 0.5) is 0 Å². The fraction of sp³-hybridized carbons (Fsp3) is 0.435. The van der Waals surface area contributed by atoms with Crippen LogP contribution in [0.15, 0.2) is 42.6 Å². The number of aliphatic carboxylic acids is 1. The van der Waals surface area contributed by atoms with E-state index in [4.69, 9.17) is 4.52 Å². The van der Waals surface area contributed by atoms with E-state index in [0.717, 1.165) is 11.1 Å². The Morgan fingerprint density at radius 2 is 1.90 bits per heavy atom. The van der Waals surface area contributed by atoms with Crippen LogP contribution in [0.1, 0.15) is 54.9 Å². The summed E-state index contributed by atoms with van der Waals surface area (Å²) in [5, 5.41) is 12.8. The molecule has 1 aromatic rings. The van der Waals surface area contributed by atoms with Gasteiger partial charge in [-0.3, -0.25) is 14.6 Å². The van der Waals surface area contributed by atoms with Gasteiger partial charge in [0.25, 0.3) is 0 Å². The lowest BCUT2D eigenvalue weighted by Gasteiger charge is -2.35. The predicted molar refractivity (Wildman–Crippen MR) is 119 cm³/mol. The average molecular weight is 447 g/mol. The van der Waals surface area contributed by atoms with Gasteiger partial charge in [0.05, 0.1) is 12.5 Å². The molecule has 3 unspecified atom stereocenters. The summed E-state index contributed by atoms with van der Waals surface area (Å²) >= 11 is 0. The smallest absolute Gasteiger partial charge is 0.481 e. The second kappa shape index (κ2) is 8.65. The molecule has 0 fully saturated rings. The molecule has 3 rings (SSSR count). The lowest BCUT2D eigenvalue weighted by atomic mass is 9.72. The van der Waals surface area contributed by atoms with Crippen molar-refractivity contribution in [1.29, 1.82) is 0 Å². The Kier molecular flexibility index (Phi) is 6.51. The van der Waals surface area contributed by atoms with Gasteiger partial charge in [0.2, 0.25) is 0 Å². The van der Waals surface area contributed by atoms with E-state index in [2.05, 4.69) is 17.5 Å². The van der Waals surface area contributed by atoms with Gasteiger partial charge in [-0.15, -0.1) is 0 Å². The summed E-state index contributed by atoms with van der Waals surface area (Å²) in [6.07, 6.45) is 12.5. The van der Waals surface area contributed by atoms with Gasteiger partial charge in [-0.05, 0) is 43.5 Å². The lowest BCUT2D eigenvalue weighted by Crippen LogP contribution is -2.34. The van der Waals surface area contributed by atoms with Crippen molar-refractivity contribution in [2.75, 3.05) is 0 Å². The molecule has 7 nitrogen and oxygen atoms in total. The number of aryl methyl sites for hydroxylation is 2. The van der Waals surface area contributed by atoms with E-state index >= 15 is 0 Å².